The molecule has 0 bridgehead atoms. The van der Waals surface area contributed by atoms with Crippen molar-refractivity contribution in [3.8, 4) is 10.6 Å². The molecule has 0 saturated carbocycles. The van der Waals surface area contributed by atoms with Gasteiger partial charge in [-0.1, -0.05) is 6.92 Å². The zero-order chi connectivity index (χ0) is 15.0. The van der Waals surface area contributed by atoms with Crippen LogP contribution in [0, 0.1) is 6.92 Å². The van der Waals surface area contributed by atoms with Gasteiger partial charge in [-0.15, -0.1) is 11.3 Å². The Kier molecular flexibility index (Phi) is 4.14. The van der Waals surface area contributed by atoms with E-state index in [1.165, 1.54) is 16.5 Å². The van der Waals surface area contributed by atoms with E-state index in [9.17, 15) is 0 Å². The van der Waals surface area contributed by atoms with Crippen molar-refractivity contribution in [3.05, 3.63) is 11.1 Å². The summed E-state index contributed by atoms with van der Waals surface area (Å²) in [5, 5.41) is 4.22. The summed E-state index contributed by atoms with van der Waals surface area (Å²) in [5.74, 6) is 0.606. The molecule has 3 heterocycles. The van der Waals surface area contributed by atoms with Gasteiger partial charge in [0.2, 0.25) is 0 Å². The number of nitrogen functional groups attached to an aromatic ring is 1. The fourth-order valence-corrected chi connectivity index (χ4v) is 4.59. The van der Waals surface area contributed by atoms with Gasteiger partial charge in [0.05, 0.1) is 5.56 Å². The number of piperazine rings is 1. The zero-order valence-electron chi connectivity index (χ0n) is 12.7. The molecule has 0 aromatic carbocycles. The Labute approximate surface area is 133 Å². The van der Waals surface area contributed by atoms with Crippen LogP contribution in [0.25, 0.3) is 10.6 Å². The van der Waals surface area contributed by atoms with E-state index in [4.69, 9.17) is 5.73 Å². The van der Waals surface area contributed by atoms with Crippen LogP contribution in [0.15, 0.2) is 5.38 Å². The largest absolute Gasteiger partial charge is 0.382 e. The summed E-state index contributed by atoms with van der Waals surface area (Å²) in [7, 11) is 0. The average molecular weight is 323 g/mol. The van der Waals surface area contributed by atoms with Crippen molar-refractivity contribution in [3.63, 3.8) is 0 Å². The first-order valence-corrected chi connectivity index (χ1v) is 8.92. The lowest BCUT2D eigenvalue weighted by molar-refractivity contribution is 0.200. The van der Waals surface area contributed by atoms with Crippen molar-refractivity contribution in [2.45, 2.75) is 26.8 Å². The van der Waals surface area contributed by atoms with Gasteiger partial charge in [-0.3, -0.25) is 4.90 Å². The van der Waals surface area contributed by atoms with E-state index < -0.39 is 0 Å². The summed E-state index contributed by atoms with van der Waals surface area (Å²) in [6.45, 7) is 10.8. The minimum atomic E-state index is 0.554. The van der Waals surface area contributed by atoms with Crippen molar-refractivity contribution >= 4 is 33.7 Å². The van der Waals surface area contributed by atoms with E-state index >= 15 is 0 Å². The fourth-order valence-electron chi connectivity index (χ4n) is 2.83. The van der Waals surface area contributed by atoms with Crippen molar-refractivity contribution in [1.29, 1.82) is 0 Å². The molecule has 1 fully saturated rings. The average Bonchev–Trinajstić information content (AvgIpc) is 3.04. The van der Waals surface area contributed by atoms with E-state index in [1.54, 1.807) is 11.3 Å². The van der Waals surface area contributed by atoms with Gasteiger partial charge in [-0.25, -0.2) is 4.98 Å². The Morgan fingerprint density at radius 2 is 2.24 bits per heavy atom. The standard InChI is InChI=1S/C14H21N5S2/c1-4-18-5-6-19(7-10(18)3)14-11(12(15)17-21-14)13-16-9(2)8-20-13/h8,10H,4-7H2,1-3H3,(H2,15,17). The predicted molar refractivity (Wildman–Crippen MR) is 91.3 cm³/mol. The molecule has 2 aromatic heterocycles. The third kappa shape index (κ3) is 2.77. The molecule has 21 heavy (non-hydrogen) atoms. The van der Waals surface area contributed by atoms with E-state index in [0.717, 1.165) is 42.4 Å². The molecule has 2 aromatic rings. The molecule has 0 radical (unpaired) electrons. The van der Waals surface area contributed by atoms with Gasteiger partial charge < -0.3 is 10.6 Å². The molecular formula is C14H21N5S2. The highest BCUT2D eigenvalue weighted by Gasteiger charge is 2.27. The molecule has 1 unspecified atom stereocenters. The number of hydrogen-bond donors (Lipinski definition) is 1. The maximum Gasteiger partial charge on any atom is 0.149 e. The Morgan fingerprint density at radius 3 is 2.86 bits per heavy atom. The monoisotopic (exact) mass is 323 g/mol. The summed E-state index contributed by atoms with van der Waals surface area (Å²) in [6, 6.07) is 0.554. The van der Waals surface area contributed by atoms with Crippen molar-refractivity contribution in [2.24, 2.45) is 0 Å². The third-order valence-electron chi connectivity index (χ3n) is 3.99. The number of rotatable bonds is 3. The van der Waals surface area contributed by atoms with Crippen LogP contribution in [-0.2, 0) is 0 Å². The van der Waals surface area contributed by atoms with Crippen molar-refractivity contribution in [1.82, 2.24) is 14.3 Å². The van der Waals surface area contributed by atoms with Crippen LogP contribution in [0.4, 0.5) is 10.8 Å². The van der Waals surface area contributed by atoms with Gasteiger partial charge in [0.1, 0.15) is 15.8 Å². The highest BCUT2D eigenvalue weighted by molar-refractivity contribution is 7.15. The molecule has 5 nitrogen and oxygen atoms in total. The number of nitrogens with zero attached hydrogens (tertiary/aromatic N) is 4. The van der Waals surface area contributed by atoms with E-state index in [-0.39, 0.29) is 0 Å². The quantitative estimate of drug-likeness (QED) is 0.941. The minimum absolute atomic E-state index is 0.554. The minimum Gasteiger partial charge on any atom is -0.382 e. The second kappa shape index (κ2) is 5.90. The number of anilines is 2. The summed E-state index contributed by atoms with van der Waals surface area (Å²) in [4.78, 5) is 9.51. The summed E-state index contributed by atoms with van der Waals surface area (Å²) < 4.78 is 4.37. The van der Waals surface area contributed by atoms with Gasteiger partial charge in [-0.2, -0.15) is 4.37 Å². The Hall–Kier alpha value is -1.18. The molecule has 2 N–H and O–H groups in total. The molecule has 1 saturated heterocycles. The molecular weight excluding hydrogens is 302 g/mol. The van der Waals surface area contributed by atoms with Gasteiger partial charge >= 0.3 is 0 Å². The van der Waals surface area contributed by atoms with Gasteiger partial charge in [0.15, 0.2) is 0 Å². The number of hydrogen-bond acceptors (Lipinski definition) is 7. The van der Waals surface area contributed by atoms with Crippen LogP contribution in [0.2, 0.25) is 0 Å². The van der Waals surface area contributed by atoms with Gasteiger partial charge in [-0.05, 0) is 31.9 Å². The summed E-state index contributed by atoms with van der Waals surface area (Å²) >= 11 is 3.14. The second-order valence-electron chi connectivity index (χ2n) is 5.47. The summed E-state index contributed by atoms with van der Waals surface area (Å²) in [6.07, 6.45) is 0. The molecule has 1 aliphatic rings. The van der Waals surface area contributed by atoms with Crippen LogP contribution in [-0.4, -0.2) is 46.5 Å². The molecule has 3 rings (SSSR count). The molecule has 0 aliphatic carbocycles. The molecule has 1 atom stereocenters. The number of nitrogens with two attached hydrogens (primary N) is 1. The third-order valence-corrected chi connectivity index (χ3v) is 5.89. The lowest BCUT2D eigenvalue weighted by Gasteiger charge is -2.39. The number of likely N-dealkylation sites (N-methyl/N-ethyl adjacent to an activating group) is 1. The van der Waals surface area contributed by atoms with E-state index in [1.807, 2.05) is 6.92 Å². The first-order valence-electron chi connectivity index (χ1n) is 7.26. The number of aromatic nitrogens is 2. The highest BCUT2D eigenvalue weighted by atomic mass is 32.1. The van der Waals surface area contributed by atoms with Crippen LogP contribution in [0.5, 0.6) is 0 Å². The van der Waals surface area contributed by atoms with Crippen LogP contribution in [0.3, 0.4) is 0 Å². The highest BCUT2D eigenvalue weighted by Crippen LogP contribution is 2.41. The molecule has 0 spiro atoms. The maximum absolute atomic E-state index is 6.11. The summed E-state index contributed by atoms with van der Waals surface area (Å²) in [5.41, 5.74) is 8.17. The topological polar surface area (TPSA) is 58.3 Å². The zero-order valence-corrected chi connectivity index (χ0v) is 14.3. The number of thiazole rings is 1. The SMILES string of the molecule is CCN1CCN(c2snc(N)c2-c2nc(C)cs2)CC1C. The Balaban J connectivity index is 1.90. The molecule has 0 amide bonds. The van der Waals surface area contributed by atoms with E-state index in [0.29, 0.717) is 11.9 Å². The maximum atomic E-state index is 6.11. The Morgan fingerprint density at radius 1 is 1.43 bits per heavy atom. The van der Waals surface area contributed by atoms with Gasteiger partial charge in [0, 0.05) is 36.8 Å². The molecule has 1 aliphatic heterocycles. The number of aryl methyl sites for hydroxylation is 1. The van der Waals surface area contributed by atoms with Crippen LogP contribution < -0.4 is 10.6 Å². The Bertz CT molecular complexity index is 621. The smallest absolute Gasteiger partial charge is 0.149 e. The second-order valence-corrected chi connectivity index (χ2v) is 7.08. The normalized spacial score (nSPS) is 20.1. The lowest BCUT2D eigenvalue weighted by Crippen LogP contribution is -2.51. The van der Waals surface area contributed by atoms with Crippen molar-refractivity contribution < 1.29 is 0 Å². The first kappa shape index (κ1) is 14.7. The van der Waals surface area contributed by atoms with Crippen molar-refractivity contribution in [2.75, 3.05) is 36.8 Å². The predicted octanol–water partition coefficient (Wildman–Crippen LogP) is 2.69. The van der Waals surface area contributed by atoms with Crippen LogP contribution >= 0.6 is 22.9 Å². The lowest BCUT2D eigenvalue weighted by atomic mass is 10.2. The molecule has 114 valence electrons. The molecule has 7 heteroatoms. The van der Waals surface area contributed by atoms with E-state index in [2.05, 4.69) is 38.4 Å². The van der Waals surface area contributed by atoms with Crippen LogP contribution in [0.1, 0.15) is 19.5 Å². The fraction of sp³-hybridized carbons (Fsp3) is 0.571. The first-order chi connectivity index (χ1) is 10.1. The van der Waals surface area contributed by atoms with Gasteiger partial charge in [0.25, 0.3) is 0 Å².